The predicted molar refractivity (Wildman–Crippen MR) is 339 cm³/mol. The first kappa shape index (κ1) is 73.5. The Kier molecular flexibility index (Phi) is 61.4. The number of hydrogen-bond donors (Lipinski definition) is 0. The Morgan fingerprint density at radius 2 is 0.500 bits per heavy atom. The van der Waals surface area contributed by atoms with Gasteiger partial charge in [0.25, 0.3) is 0 Å². The van der Waals surface area contributed by atoms with Crippen LogP contribution in [-0.2, 0) is 28.6 Å². The van der Waals surface area contributed by atoms with Crippen LogP contribution in [0.3, 0.4) is 0 Å². The number of ether oxygens (including phenoxy) is 3. The van der Waals surface area contributed by atoms with Gasteiger partial charge >= 0.3 is 17.9 Å². The molecule has 0 aromatic heterocycles. The highest BCUT2D eigenvalue weighted by Gasteiger charge is 2.19. The van der Waals surface area contributed by atoms with Crippen LogP contribution in [0.2, 0.25) is 0 Å². The van der Waals surface area contributed by atoms with E-state index in [2.05, 4.69) is 154 Å². The maximum Gasteiger partial charge on any atom is 0.306 e. The number of carbonyl (C=O) groups excluding carboxylic acids is 3. The highest BCUT2D eigenvalue weighted by atomic mass is 16.6. The topological polar surface area (TPSA) is 78.9 Å². The average Bonchev–Trinajstić information content (AvgIpc) is 3.44. The molecule has 0 aliphatic carbocycles. The smallest absolute Gasteiger partial charge is 0.306 e. The fourth-order valence-corrected chi connectivity index (χ4v) is 8.54. The lowest BCUT2D eigenvalue weighted by atomic mass is 10.1. The molecule has 1 unspecified atom stereocenters. The fraction of sp³-hybridized carbons (Fsp3) is 0.653. The minimum absolute atomic E-state index is 0.0954. The molecule has 442 valence electrons. The monoisotopic (exact) mass is 1080 g/mol. The summed E-state index contributed by atoms with van der Waals surface area (Å²) in [5, 5.41) is 0. The van der Waals surface area contributed by atoms with Gasteiger partial charge in [0.05, 0.1) is 0 Å². The maximum atomic E-state index is 12.9. The molecule has 1 atom stereocenters. The van der Waals surface area contributed by atoms with Crippen molar-refractivity contribution in [1.82, 2.24) is 0 Å². The van der Waals surface area contributed by atoms with Crippen molar-refractivity contribution < 1.29 is 28.6 Å². The summed E-state index contributed by atoms with van der Waals surface area (Å²) in [4.78, 5) is 38.3. The summed E-state index contributed by atoms with van der Waals surface area (Å²) < 4.78 is 16.9. The molecule has 0 aromatic rings. The number of esters is 3. The van der Waals surface area contributed by atoms with Crippen LogP contribution in [0, 0.1) is 0 Å². The first-order chi connectivity index (χ1) is 38.5. The number of rotatable bonds is 57. The van der Waals surface area contributed by atoms with Gasteiger partial charge in [0, 0.05) is 19.3 Å². The zero-order valence-corrected chi connectivity index (χ0v) is 50.6. The molecule has 0 amide bonds. The van der Waals surface area contributed by atoms with E-state index in [0.717, 1.165) is 161 Å². The number of allylic oxidation sites excluding steroid dienone is 22. The molecular formula is C72H118O6. The molecular weight excluding hydrogens is 961 g/mol. The Balaban J connectivity index is 4.35. The normalized spacial score (nSPS) is 13.0. The van der Waals surface area contributed by atoms with Crippen molar-refractivity contribution in [3.8, 4) is 0 Å². The SMILES string of the molecule is CC/C=C\C/C=C\C/C=C\C/C=C\C/C=C\C/C=C\C/C=C\C/C=C\CCCCCCCCC(=O)OCC(COC(=O)CCCCCCC/C=C\CCCCCC)OC(=O)CCCCCCC/C=C\C/C=C\CCCCCC. The van der Waals surface area contributed by atoms with Crippen molar-refractivity contribution in [3.63, 3.8) is 0 Å². The molecule has 0 fully saturated rings. The Morgan fingerprint density at radius 1 is 0.269 bits per heavy atom. The van der Waals surface area contributed by atoms with Crippen LogP contribution in [0.25, 0.3) is 0 Å². The minimum Gasteiger partial charge on any atom is -0.462 e. The van der Waals surface area contributed by atoms with E-state index in [-0.39, 0.29) is 31.1 Å². The van der Waals surface area contributed by atoms with Gasteiger partial charge in [-0.15, -0.1) is 0 Å². The van der Waals surface area contributed by atoms with Crippen LogP contribution in [0.4, 0.5) is 0 Å². The lowest BCUT2D eigenvalue weighted by Crippen LogP contribution is -2.30. The molecule has 0 aliphatic heterocycles. The third-order valence-corrected chi connectivity index (χ3v) is 13.4. The highest BCUT2D eigenvalue weighted by molar-refractivity contribution is 5.71. The lowest BCUT2D eigenvalue weighted by molar-refractivity contribution is -0.167. The van der Waals surface area contributed by atoms with Gasteiger partial charge in [-0.05, 0) is 141 Å². The Labute approximate surface area is 481 Å². The molecule has 0 N–H and O–H groups in total. The summed E-state index contributed by atoms with van der Waals surface area (Å²) in [6.07, 6.45) is 91.7. The van der Waals surface area contributed by atoms with Crippen molar-refractivity contribution in [2.75, 3.05) is 13.2 Å². The fourth-order valence-electron chi connectivity index (χ4n) is 8.54. The van der Waals surface area contributed by atoms with Crippen molar-refractivity contribution in [2.45, 2.75) is 290 Å². The molecule has 0 saturated heterocycles. The van der Waals surface area contributed by atoms with E-state index in [1.807, 2.05) is 0 Å². The number of hydrogen-bond acceptors (Lipinski definition) is 6. The summed E-state index contributed by atoms with van der Waals surface area (Å²) in [5.41, 5.74) is 0. The molecule has 0 radical (unpaired) electrons. The van der Waals surface area contributed by atoms with Crippen LogP contribution in [0.1, 0.15) is 284 Å². The predicted octanol–water partition coefficient (Wildman–Crippen LogP) is 22.2. The lowest BCUT2D eigenvalue weighted by Gasteiger charge is -2.18. The summed E-state index contributed by atoms with van der Waals surface area (Å²) in [5.74, 6) is -0.931. The molecule has 78 heavy (non-hydrogen) atoms. The summed E-state index contributed by atoms with van der Waals surface area (Å²) in [6, 6.07) is 0. The van der Waals surface area contributed by atoms with Crippen molar-refractivity contribution in [2.24, 2.45) is 0 Å². The summed E-state index contributed by atoms with van der Waals surface area (Å²) in [7, 11) is 0. The minimum atomic E-state index is -0.800. The van der Waals surface area contributed by atoms with Gasteiger partial charge in [-0.3, -0.25) is 14.4 Å². The zero-order chi connectivity index (χ0) is 56.4. The second-order valence-corrected chi connectivity index (χ2v) is 20.9. The van der Waals surface area contributed by atoms with Gasteiger partial charge in [-0.2, -0.15) is 0 Å². The third-order valence-electron chi connectivity index (χ3n) is 13.4. The van der Waals surface area contributed by atoms with Gasteiger partial charge in [0.2, 0.25) is 0 Å². The molecule has 0 aromatic carbocycles. The zero-order valence-electron chi connectivity index (χ0n) is 50.6. The van der Waals surface area contributed by atoms with Gasteiger partial charge in [-0.1, -0.05) is 257 Å². The van der Waals surface area contributed by atoms with Crippen LogP contribution in [-0.4, -0.2) is 37.2 Å². The van der Waals surface area contributed by atoms with Crippen LogP contribution in [0.15, 0.2) is 134 Å². The van der Waals surface area contributed by atoms with Gasteiger partial charge in [-0.25, -0.2) is 0 Å². The van der Waals surface area contributed by atoms with E-state index >= 15 is 0 Å². The first-order valence-electron chi connectivity index (χ1n) is 32.2. The third kappa shape index (κ3) is 62.4. The quantitative estimate of drug-likeness (QED) is 0.0261. The van der Waals surface area contributed by atoms with Gasteiger partial charge < -0.3 is 14.2 Å². The van der Waals surface area contributed by atoms with Crippen LogP contribution >= 0.6 is 0 Å². The molecule has 0 aliphatic rings. The van der Waals surface area contributed by atoms with E-state index in [4.69, 9.17) is 14.2 Å². The Morgan fingerprint density at radius 3 is 0.795 bits per heavy atom. The standard InChI is InChI=1S/C72H118O6/c1-4-7-10-13-16-19-22-25-27-29-30-31-32-33-34-35-36-37-38-39-40-41-42-43-45-47-50-53-56-59-62-65-71(74)77-68-69(67-76-70(73)64-61-58-55-52-49-46-24-21-18-15-12-9-6-3)78-72(75)66-63-60-57-54-51-48-44-28-26-23-20-17-14-11-8-5-2/h7,10,16,19-21,23-25,27-28,30-31,33-34,36-37,39-40,42-44,69H,4-6,8-9,11-15,17-18,22,26,29,32,35,38,41,45-68H2,1-3H3/b10-7-,19-16-,23-20-,24-21-,27-25-,31-30-,34-33-,37-36-,40-39-,43-42-,44-28-. The summed E-state index contributed by atoms with van der Waals surface area (Å²) >= 11 is 0. The van der Waals surface area contributed by atoms with Gasteiger partial charge in [0.1, 0.15) is 13.2 Å². The largest absolute Gasteiger partial charge is 0.462 e. The van der Waals surface area contributed by atoms with Crippen molar-refractivity contribution in [3.05, 3.63) is 134 Å². The van der Waals surface area contributed by atoms with E-state index in [1.54, 1.807) is 0 Å². The number of unbranched alkanes of at least 4 members (excludes halogenated alkanes) is 24. The second-order valence-electron chi connectivity index (χ2n) is 20.9. The van der Waals surface area contributed by atoms with Crippen molar-refractivity contribution in [1.29, 1.82) is 0 Å². The molecule has 6 nitrogen and oxygen atoms in total. The van der Waals surface area contributed by atoms with E-state index in [0.29, 0.717) is 19.3 Å². The van der Waals surface area contributed by atoms with Gasteiger partial charge in [0.15, 0.2) is 6.10 Å². The molecule has 0 spiro atoms. The maximum absolute atomic E-state index is 12.9. The van der Waals surface area contributed by atoms with Crippen LogP contribution in [0.5, 0.6) is 0 Å². The number of carbonyl (C=O) groups is 3. The summed E-state index contributed by atoms with van der Waals surface area (Å²) in [6.45, 7) is 6.47. The van der Waals surface area contributed by atoms with E-state index in [1.165, 1.54) is 83.5 Å². The Hall–Kier alpha value is -4.45. The molecule has 0 bridgehead atoms. The second kappa shape index (κ2) is 65.1. The van der Waals surface area contributed by atoms with E-state index in [9.17, 15) is 14.4 Å². The van der Waals surface area contributed by atoms with Crippen LogP contribution < -0.4 is 0 Å². The molecule has 0 heterocycles. The first-order valence-corrected chi connectivity index (χ1v) is 32.2. The van der Waals surface area contributed by atoms with Crippen molar-refractivity contribution >= 4 is 17.9 Å². The molecule has 6 heteroatoms. The van der Waals surface area contributed by atoms with E-state index < -0.39 is 6.10 Å². The molecule has 0 rings (SSSR count). The molecule has 0 saturated carbocycles. The average molecular weight is 1080 g/mol. The Bertz CT molecular complexity index is 1670. The highest BCUT2D eigenvalue weighted by Crippen LogP contribution is 2.14.